The van der Waals surface area contributed by atoms with Crippen LogP contribution in [0.25, 0.3) is 0 Å². The number of ether oxygens (including phenoxy) is 4. The Labute approximate surface area is 105 Å². The van der Waals surface area contributed by atoms with Crippen LogP contribution in [0.5, 0.6) is 0 Å². The first-order chi connectivity index (χ1) is 8.39. The number of carboxylic acids is 1. The van der Waals surface area contributed by atoms with Crippen molar-refractivity contribution in [2.24, 2.45) is 5.92 Å². The van der Waals surface area contributed by atoms with Crippen molar-refractivity contribution in [2.45, 2.75) is 56.6 Å². The second kappa shape index (κ2) is 3.66. The molecule has 3 aliphatic rings. The second-order valence-corrected chi connectivity index (χ2v) is 5.63. The Bertz CT molecular complexity index is 381. The summed E-state index contributed by atoms with van der Waals surface area (Å²) in [5.41, 5.74) is -0.787. The minimum Gasteiger partial charge on any atom is -0.481 e. The Morgan fingerprint density at radius 2 is 2.06 bits per heavy atom. The van der Waals surface area contributed by atoms with Crippen molar-refractivity contribution in [1.82, 2.24) is 0 Å². The minimum atomic E-state index is -0.843. The van der Waals surface area contributed by atoms with Crippen LogP contribution in [0.2, 0.25) is 0 Å². The highest BCUT2D eigenvalue weighted by atomic mass is 16.8. The van der Waals surface area contributed by atoms with E-state index >= 15 is 0 Å². The second-order valence-electron chi connectivity index (χ2n) is 5.63. The molecule has 5 atom stereocenters. The Balaban J connectivity index is 1.91. The monoisotopic (exact) mass is 258 g/mol. The molecule has 0 aromatic carbocycles. The molecule has 3 unspecified atom stereocenters. The SMILES string of the molecule is COC1O[C@@]2(CCC2C(=O)O)C2OC(C)(C)O[C@H]12. The Morgan fingerprint density at radius 1 is 1.33 bits per heavy atom. The van der Waals surface area contributed by atoms with Crippen LogP contribution >= 0.6 is 0 Å². The molecule has 2 heterocycles. The van der Waals surface area contributed by atoms with Crippen molar-refractivity contribution in [3.8, 4) is 0 Å². The van der Waals surface area contributed by atoms with E-state index in [0.717, 1.165) is 0 Å². The number of aliphatic carboxylic acids is 1. The van der Waals surface area contributed by atoms with Crippen LogP contribution in [-0.2, 0) is 23.7 Å². The van der Waals surface area contributed by atoms with Gasteiger partial charge in [0, 0.05) is 7.11 Å². The lowest BCUT2D eigenvalue weighted by Gasteiger charge is -2.46. The number of carbonyl (C=O) groups is 1. The summed E-state index contributed by atoms with van der Waals surface area (Å²) in [4.78, 5) is 11.3. The Kier molecular flexibility index (Phi) is 2.51. The highest BCUT2D eigenvalue weighted by molar-refractivity contribution is 5.73. The maximum Gasteiger partial charge on any atom is 0.309 e. The molecule has 1 aliphatic carbocycles. The predicted molar refractivity (Wildman–Crippen MR) is 58.8 cm³/mol. The maximum absolute atomic E-state index is 11.3. The van der Waals surface area contributed by atoms with Gasteiger partial charge < -0.3 is 24.1 Å². The summed E-state index contributed by atoms with van der Waals surface area (Å²) in [5, 5.41) is 9.25. The zero-order valence-electron chi connectivity index (χ0n) is 10.7. The zero-order valence-corrected chi connectivity index (χ0v) is 10.7. The van der Waals surface area contributed by atoms with Crippen LogP contribution in [0.3, 0.4) is 0 Å². The fourth-order valence-corrected chi connectivity index (χ4v) is 3.29. The fourth-order valence-electron chi connectivity index (χ4n) is 3.29. The van der Waals surface area contributed by atoms with E-state index in [1.165, 1.54) is 7.11 Å². The van der Waals surface area contributed by atoms with Crippen LogP contribution in [0.1, 0.15) is 26.7 Å². The lowest BCUT2D eigenvalue weighted by Crippen LogP contribution is -2.58. The molecule has 2 saturated heterocycles. The third kappa shape index (κ3) is 1.46. The summed E-state index contributed by atoms with van der Waals surface area (Å²) in [6.45, 7) is 3.64. The van der Waals surface area contributed by atoms with Crippen LogP contribution in [-0.4, -0.2) is 48.1 Å². The van der Waals surface area contributed by atoms with Crippen molar-refractivity contribution in [3.63, 3.8) is 0 Å². The van der Waals surface area contributed by atoms with Gasteiger partial charge in [-0.1, -0.05) is 0 Å². The molecule has 3 fully saturated rings. The third-order valence-electron chi connectivity index (χ3n) is 4.16. The van der Waals surface area contributed by atoms with E-state index in [1.54, 1.807) is 0 Å². The van der Waals surface area contributed by atoms with E-state index in [1.807, 2.05) is 13.8 Å². The lowest BCUT2D eigenvalue weighted by atomic mass is 9.66. The average molecular weight is 258 g/mol. The molecule has 1 spiro atoms. The number of methoxy groups -OCH3 is 1. The zero-order chi connectivity index (χ0) is 13.1. The molecule has 3 rings (SSSR count). The smallest absolute Gasteiger partial charge is 0.309 e. The molecule has 6 heteroatoms. The molecule has 0 radical (unpaired) electrons. The number of hydrogen-bond acceptors (Lipinski definition) is 5. The molecule has 2 aliphatic heterocycles. The molecule has 0 aromatic rings. The first kappa shape index (κ1) is 12.3. The molecule has 1 saturated carbocycles. The van der Waals surface area contributed by atoms with Crippen molar-refractivity contribution >= 4 is 5.97 Å². The van der Waals surface area contributed by atoms with Gasteiger partial charge in [-0.25, -0.2) is 0 Å². The van der Waals surface area contributed by atoms with Crippen molar-refractivity contribution < 1.29 is 28.8 Å². The molecule has 1 N–H and O–H groups in total. The Morgan fingerprint density at radius 3 is 2.56 bits per heavy atom. The molecule has 0 amide bonds. The topological polar surface area (TPSA) is 74.2 Å². The highest BCUT2D eigenvalue weighted by Gasteiger charge is 2.70. The molecule has 6 nitrogen and oxygen atoms in total. The van der Waals surface area contributed by atoms with E-state index in [4.69, 9.17) is 18.9 Å². The van der Waals surface area contributed by atoms with Crippen molar-refractivity contribution in [1.29, 1.82) is 0 Å². The third-order valence-corrected chi connectivity index (χ3v) is 4.16. The summed E-state index contributed by atoms with van der Waals surface area (Å²) < 4.78 is 22.7. The standard InChI is InChI=1S/C12H18O6/c1-11(2)16-7-8(17-11)12(18-10(7)15-3)5-4-6(12)9(13)14/h6-8,10H,4-5H2,1-3H3,(H,13,14)/t6?,7-,8?,10?,12+/m0/s1. The van der Waals surface area contributed by atoms with E-state index in [0.29, 0.717) is 12.8 Å². The van der Waals surface area contributed by atoms with Crippen molar-refractivity contribution in [2.75, 3.05) is 7.11 Å². The van der Waals surface area contributed by atoms with Gasteiger partial charge in [-0.05, 0) is 26.7 Å². The van der Waals surface area contributed by atoms with Crippen LogP contribution in [0.15, 0.2) is 0 Å². The molecule has 18 heavy (non-hydrogen) atoms. The molecule has 0 aromatic heterocycles. The van der Waals surface area contributed by atoms with E-state index in [9.17, 15) is 9.90 Å². The molecular weight excluding hydrogens is 240 g/mol. The number of fused-ring (bicyclic) bond motifs is 2. The Hall–Kier alpha value is -0.690. The summed E-state index contributed by atoms with van der Waals surface area (Å²) in [7, 11) is 1.53. The highest BCUT2D eigenvalue weighted by Crippen LogP contribution is 2.55. The number of hydrogen-bond donors (Lipinski definition) is 1. The summed E-state index contributed by atoms with van der Waals surface area (Å²) in [6, 6.07) is 0. The molecular formula is C12H18O6. The molecule has 102 valence electrons. The van der Waals surface area contributed by atoms with Gasteiger partial charge in [0.1, 0.15) is 17.8 Å². The maximum atomic E-state index is 11.3. The largest absolute Gasteiger partial charge is 0.481 e. The van der Waals surface area contributed by atoms with E-state index in [-0.39, 0.29) is 12.2 Å². The van der Waals surface area contributed by atoms with Crippen LogP contribution in [0, 0.1) is 5.92 Å². The van der Waals surface area contributed by atoms with E-state index in [2.05, 4.69) is 0 Å². The predicted octanol–water partition coefficient (Wildman–Crippen LogP) is 0.743. The quantitative estimate of drug-likeness (QED) is 0.787. The van der Waals surface area contributed by atoms with Gasteiger partial charge in [0.15, 0.2) is 12.1 Å². The van der Waals surface area contributed by atoms with Gasteiger partial charge in [0.05, 0.1) is 5.92 Å². The summed E-state index contributed by atoms with van der Waals surface area (Å²) >= 11 is 0. The lowest BCUT2D eigenvalue weighted by molar-refractivity contribution is -0.278. The minimum absolute atomic E-state index is 0.354. The van der Waals surface area contributed by atoms with Gasteiger partial charge >= 0.3 is 5.97 Å². The van der Waals surface area contributed by atoms with Crippen LogP contribution in [0.4, 0.5) is 0 Å². The van der Waals surface area contributed by atoms with Gasteiger partial charge in [-0.2, -0.15) is 0 Å². The number of rotatable bonds is 2. The number of carboxylic acid groups (broad SMARTS) is 1. The average Bonchev–Trinajstić information content (AvgIpc) is 2.67. The summed E-state index contributed by atoms with van der Waals surface area (Å²) in [6.07, 6.45) is 0.00168. The van der Waals surface area contributed by atoms with Gasteiger partial charge in [0.25, 0.3) is 0 Å². The van der Waals surface area contributed by atoms with E-state index < -0.39 is 29.6 Å². The van der Waals surface area contributed by atoms with Crippen molar-refractivity contribution in [3.05, 3.63) is 0 Å². The van der Waals surface area contributed by atoms with Gasteiger partial charge in [-0.3, -0.25) is 4.79 Å². The van der Waals surface area contributed by atoms with Gasteiger partial charge in [0.2, 0.25) is 0 Å². The normalized spacial score (nSPS) is 49.1. The fraction of sp³-hybridized carbons (Fsp3) is 0.917. The first-order valence-electron chi connectivity index (χ1n) is 6.19. The van der Waals surface area contributed by atoms with Gasteiger partial charge in [-0.15, -0.1) is 0 Å². The summed E-state index contributed by atoms with van der Waals surface area (Å²) in [5.74, 6) is -2.10. The molecule has 0 bridgehead atoms. The first-order valence-corrected chi connectivity index (χ1v) is 6.19. The van der Waals surface area contributed by atoms with Crippen LogP contribution < -0.4 is 0 Å².